The third-order valence-corrected chi connectivity index (χ3v) is 4.33. The largest absolute Gasteiger partial charge is 0.497 e. The molecule has 120 valence electrons. The summed E-state index contributed by atoms with van der Waals surface area (Å²) in [4.78, 5) is 0. The van der Waals surface area contributed by atoms with E-state index < -0.39 is 0 Å². The number of nitrogens with one attached hydrogen (secondary N) is 1. The highest BCUT2D eigenvalue weighted by molar-refractivity contribution is 7.98. The van der Waals surface area contributed by atoms with Crippen LogP contribution in [0.5, 0.6) is 11.5 Å². The van der Waals surface area contributed by atoms with Gasteiger partial charge in [0.2, 0.25) is 0 Å². The highest BCUT2D eigenvalue weighted by Gasteiger charge is 2.11. The molecule has 0 aliphatic carbocycles. The van der Waals surface area contributed by atoms with Crippen molar-refractivity contribution < 1.29 is 9.47 Å². The lowest BCUT2D eigenvalue weighted by Gasteiger charge is -2.18. The van der Waals surface area contributed by atoms with Crippen LogP contribution in [0.15, 0.2) is 18.2 Å². The molecular weight excluding hydrogens is 282 g/mol. The fraction of sp³-hybridized carbons (Fsp3) is 0.647. The second-order valence-corrected chi connectivity index (χ2v) is 6.18. The van der Waals surface area contributed by atoms with Crippen LogP contribution in [0, 0.1) is 0 Å². The van der Waals surface area contributed by atoms with E-state index in [0.717, 1.165) is 18.0 Å². The van der Waals surface area contributed by atoms with E-state index in [9.17, 15) is 0 Å². The van der Waals surface area contributed by atoms with Crippen molar-refractivity contribution in [1.82, 2.24) is 5.32 Å². The Labute approximate surface area is 133 Å². The van der Waals surface area contributed by atoms with E-state index in [2.05, 4.69) is 24.6 Å². The van der Waals surface area contributed by atoms with E-state index in [1.807, 2.05) is 23.9 Å². The van der Waals surface area contributed by atoms with Crippen LogP contribution in [0.25, 0.3) is 0 Å². The van der Waals surface area contributed by atoms with Crippen LogP contribution in [0.3, 0.4) is 0 Å². The summed E-state index contributed by atoms with van der Waals surface area (Å²) in [6, 6.07) is 6.29. The van der Waals surface area contributed by atoms with Crippen LogP contribution in [0.1, 0.15) is 44.2 Å². The van der Waals surface area contributed by atoms with E-state index in [4.69, 9.17) is 9.47 Å². The summed E-state index contributed by atoms with van der Waals surface area (Å²) >= 11 is 1.93. The third kappa shape index (κ3) is 6.62. The molecule has 1 N–H and O–H groups in total. The first-order valence-corrected chi connectivity index (χ1v) is 9.06. The summed E-state index contributed by atoms with van der Waals surface area (Å²) in [6.45, 7) is 3.23. The van der Waals surface area contributed by atoms with Gasteiger partial charge in [0, 0.05) is 17.7 Å². The molecule has 4 heteroatoms. The number of hydrogen-bond donors (Lipinski definition) is 1. The highest BCUT2D eigenvalue weighted by Crippen LogP contribution is 2.29. The Morgan fingerprint density at radius 3 is 2.52 bits per heavy atom. The van der Waals surface area contributed by atoms with Gasteiger partial charge >= 0.3 is 0 Å². The van der Waals surface area contributed by atoms with Crippen LogP contribution < -0.4 is 14.8 Å². The average molecular weight is 311 g/mol. The minimum Gasteiger partial charge on any atom is -0.497 e. The first-order chi connectivity index (χ1) is 10.2. The Bertz CT molecular complexity index is 398. The lowest BCUT2D eigenvalue weighted by atomic mass is 10.1. The SMILES string of the molecule is COc1ccc(C(C)NCCCCCCSC)c(OC)c1. The Kier molecular flexibility index (Phi) is 9.35. The second-order valence-electron chi connectivity index (χ2n) is 5.19. The van der Waals surface area contributed by atoms with Crippen LogP contribution in [0.2, 0.25) is 0 Å². The van der Waals surface area contributed by atoms with Crippen molar-refractivity contribution >= 4 is 11.8 Å². The van der Waals surface area contributed by atoms with Crippen molar-refractivity contribution in [3.63, 3.8) is 0 Å². The number of thioether (sulfide) groups is 1. The lowest BCUT2D eigenvalue weighted by Crippen LogP contribution is -2.20. The van der Waals surface area contributed by atoms with Gasteiger partial charge in [-0.25, -0.2) is 0 Å². The molecule has 1 atom stereocenters. The molecule has 0 radical (unpaired) electrons. The number of hydrogen-bond acceptors (Lipinski definition) is 4. The van der Waals surface area contributed by atoms with Crippen molar-refractivity contribution in [2.75, 3.05) is 32.8 Å². The van der Waals surface area contributed by atoms with Gasteiger partial charge in [-0.15, -0.1) is 0 Å². The maximum absolute atomic E-state index is 5.46. The molecule has 21 heavy (non-hydrogen) atoms. The molecule has 0 spiro atoms. The van der Waals surface area contributed by atoms with E-state index in [1.165, 1.54) is 37.0 Å². The summed E-state index contributed by atoms with van der Waals surface area (Å²) in [5.74, 6) is 3.00. The third-order valence-electron chi connectivity index (χ3n) is 3.63. The number of unbranched alkanes of at least 4 members (excludes halogenated alkanes) is 3. The van der Waals surface area contributed by atoms with Gasteiger partial charge in [0.05, 0.1) is 14.2 Å². The molecule has 0 bridgehead atoms. The van der Waals surface area contributed by atoms with Gasteiger partial charge in [-0.05, 0) is 44.4 Å². The summed E-state index contributed by atoms with van der Waals surface area (Å²) < 4.78 is 10.7. The van der Waals surface area contributed by atoms with Crippen LogP contribution in [-0.4, -0.2) is 32.8 Å². The minimum atomic E-state index is 0.289. The summed E-state index contributed by atoms with van der Waals surface area (Å²) in [7, 11) is 3.38. The van der Waals surface area contributed by atoms with Crippen molar-refractivity contribution in [3.05, 3.63) is 23.8 Å². The van der Waals surface area contributed by atoms with E-state index in [0.29, 0.717) is 0 Å². The molecule has 0 fully saturated rings. The van der Waals surface area contributed by atoms with Crippen LogP contribution >= 0.6 is 11.8 Å². The van der Waals surface area contributed by atoms with E-state index in [-0.39, 0.29) is 6.04 Å². The average Bonchev–Trinajstić information content (AvgIpc) is 2.53. The van der Waals surface area contributed by atoms with Crippen molar-refractivity contribution in [2.45, 2.75) is 38.6 Å². The minimum absolute atomic E-state index is 0.289. The molecule has 1 unspecified atom stereocenters. The fourth-order valence-corrected chi connectivity index (χ4v) is 2.82. The first kappa shape index (κ1) is 18.2. The summed E-state index contributed by atoms with van der Waals surface area (Å²) in [5.41, 5.74) is 1.18. The predicted molar refractivity (Wildman–Crippen MR) is 92.8 cm³/mol. The molecule has 1 aromatic carbocycles. The summed E-state index contributed by atoms with van der Waals surface area (Å²) in [6.07, 6.45) is 7.38. The quantitative estimate of drug-likeness (QED) is 0.618. The molecular formula is C17H29NO2S. The molecule has 1 aromatic rings. The van der Waals surface area contributed by atoms with Gasteiger partial charge in [-0.3, -0.25) is 0 Å². The van der Waals surface area contributed by atoms with Crippen molar-refractivity contribution in [1.29, 1.82) is 0 Å². The Morgan fingerprint density at radius 1 is 1.10 bits per heavy atom. The number of methoxy groups -OCH3 is 2. The van der Waals surface area contributed by atoms with E-state index in [1.54, 1.807) is 14.2 Å². The van der Waals surface area contributed by atoms with Crippen LogP contribution in [0.4, 0.5) is 0 Å². The Morgan fingerprint density at radius 2 is 1.86 bits per heavy atom. The molecule has 0 heterocycles. The number of rotatable bonds is 11. The monoisotopic (exact) mass is 311 g/mol. The fourth-order valence-electron chi connectivity index (χ4n) is 2.33. The lowest BCUT2D eigenvalue weighted by molar-refractivity contribution is 0.385. The van der Waals surface area contributed by atoms with Gasteiger partial charge in [0.15, 0.2) is 0 Å². The smallest absolute Gasteiger partial charge is 0.127 e. The molecule has 0 aliphatic heterocycles. The predicted octanol–water partition coefficient (Wildman–Crippen LogP) is 4.28. The molecule has 0 amide bonds. The number of benzene rings is 1. The zero-order valence-electron chi connectivity index (χ0n) is 13.8. The maximum Gasteiger partial charge on any atom is 0.127 e. The molecule has 0 aliphatic rings. The summed E-state index contributed by atoms with van der Waals surface area (Å²) in [5, 5.41) is 3.58. The van der Waals surface area contributed by atoms with Gasteiger partial charge < -0.3 is 14.8 Å². The standard InChI is InChI=1S/C17H29NO2S/c1-14(18-11-7-5-6-8-12-21-4)16-10-9-15(19-2)13-17(16)20-3/h9-10,13-14,18H,5-8,11-12H2,1-4H3. The van der Waals surface area contributed by atoms with Gasteiger partial charge in [-0.1, -0.05) is 18.9 Å². The van der Waals surface area contributed by atoms with Crippen molar-refractivity contribution in [2.24, 2.45) is 0 Å². The van der Waals surface area contributed by atoms with Gasteiger partial charge in [0.1, 0.15) is 11.5 Å². The molecule has 0 saturated carbocycles. The second kappa shape index (κ2) is 10.8. The molecule has 3 nitrogen and oxygen atoms in total. The zero-order chi connectivity index (χ0) is 15.5. The van der Waals surface area contributed by atoms with E-state index >= 15 is 0 Å². The zero-order valence-corrected chi connectivity index (χ0v) is 14.6. The molecule has 0 saturated heterocycles. The van der Waals surface area contributed by atoms with Crippen molar-refractivity contribution in [3.8, 4) is 11.5 Å². The normalized spacial score (nSPS) is 12.2. The van der Waals surface area contributed by atoms with Crippen LogP contribution in [-0.2, 0) is 0 Å². The molecule has 1 rings (SSSR count). The maximum atomic E-state index is 5.46. The van der Waals surface area contributed by atoms with Gasteiger partial charge in [0.25, 0.3) is 0 Å². The topological polar surface area (TPSA) is 30.5 Å². The first-order valence-electron chi connectivity index (χ1n) is 7.67. The number of ether oxygens (including phenoxy) is 2. The molecule has 0 aromatic heterocycles. The highest BCUT2D eigenvalue weighted by atomic mass is 32.2. The Balaban J connectivity index is 2.36. The van der Waals surface area contributed by atoms with Gasteiger partial charge in [-0.2, -0.15) is 11.8 Å². The Hall–Kier alpha value is -0.870.